The first kappa shape index (κ1) is 13.8. The SMILES string of the molecule is CCCOc1ccc(CN)c(OCc2nccs2)c1. The second-order valence-electron chi connectivity index (χ2n) is 4.04. The van der Waals surface area contributed by atoms with E-state index in [0.29, 0.717) is 19.8 Å². The zero-order chi connectivity index (χ0) is 13.5. The molecular weight excluding hydrogens is 260 g/mol. The van der Waals surface area contributed by atoms with E-state index >= 15 is 0 Å². The zero-order valence-corrected chi connectivity index (χ0v) is 11.8. The monoisotopic (exact) mass is 278 g/mol. The number of thiazole rings is 1. The van der Waals surface area contributed by atoms with Crippen LogP contribution in [0.25, 0.3) is 0 Å². The minimum Gasteiger partial charge on any atom is -0.493 e. The van der Waals surface area contributed by atoms with Crippen LogP contribution in [0.2, 0.25) is 0 Å². The van der Waals surface area contributed by atoms with Crippen LogP contribution in [0.5, 0.6) is 11.5 Å². The third-order valence-electron chi connectivity index (χ3n) is 2.57. The first-order valence-electron chi connectivity index (χ1n) is 6.30. The van der Waals surface area contributed by atoms with Gasteiger partial charge in [0.25, 0.3) is 0 Å². The molecule has 0 saturated carbocycles. The molecule has 0 aliphatic carbocycles. The van der Waals surface area contributed by atoms with Crippen molar-refractivity contribution >= 4 is 11.3 Å². The van der Waals surface area contributed by atoms with Gasteiger partial charge >= 0.3 is 0 Å². The topological polar surface area (TPSA) is 57.4 Å². The van der Waals surface area contributed by atoms with Crippen molar-refractivity contribution < 1.29 is 9.47 Å². The molecule has 4 nitrogen and oxygen atoms in total. The summed E-state index contributed by atoms with van der Waals surface area (Å²) in [5.41, 5.74) is 6.69. The molecule has 5 heteroatoms. The molecular formula is C14H18N2O2S. The average Bonchev–Trinajstić information content (AvgIpc) is 2.96. The highest BCUT2D eigenvalue weighted by Gasteiger charge is 2.06. The van der Waals surface area contributed by atoms with E-state index in [0.717, 1.165) is 28.5 Å². The summed E-state index contributed by atoms with van der Waals surface area (Å²) in [4.78, 5) is 4.19. The summed E-state index contributed by atoms with van der Waals surface area (Å²) in [5.74, 6) is 1.58. The standard InChI is InChI=1S/C14H18N2O2S/c1-2-6-17-12-4-3-11(9-15)13(8-12)18-10-14-16-5-7-19-14/h3-5,7-8H,2,6,9-10,15H2,1H3. The van der Waals surface area contributed by atoms with Crippen LogP contribution in [0.3, 0.4) is 0 Å². The Bertz CT molecular complexity index is 500. The molecule has 0 bridgehead atoms. The summed E-state index contributed by atoms with van der Waals surface area (Å²) < 4.78 is 11.4. The minimum atomic E-state index is 0.446. The molecule has 0 unspecified atom stereocenters. The quantitative estimate of drug-likeness (QED) is 0.846. The van der Waals surface area contributed by atoms with E-state index in [2.05, 4.69) is 11.9 Å². The van der Waals surface area contributed by atoms with Crippen LogP contribution in [0.4, 0.5) is 0 Å². The summed E-state index contributed by atoms with van der Waals surface area (Å²) in [6.45, 7) is 3.69. The number of nitrogens with two attached hydrogens (primary N) is 1. The molecule has 1 heterocycles. The van der Waals surface area contributed by atoms with Gasteiger partial charge in [-0.2, -0.15) is 0 Å². The van der Waals surface area contributed by atoms with Crippen LogP contribution in [0.15, 0.2) is 29.8 Å². The van der Waals surface area contributed by atoms with Crippen molar-refractivity contribution in [1.29, 1.82) is 0 Å². The van der Waals surface area contributed by atoms with Gasteiger partial charge in [0.05, 0.1) is 6.61 Å². The van der Waals surface area contributed by atoms with Crippen molar-refractivity contribution in [1.82, 2.24) is 4.98 Å². The third kappa shape index (κ3) is 3.94. The van der Waals surface area contributed by atoms with Gasteiger partial charge in [0.1, 0.15) is 23.1 Å². The molecule has 0 fully saturated rings. The first-order chi connectivity index (χ1) is 9.33. The van der Waals surface area contributed by atoms with Gasteiger partial charge in [-0.3, -0.25) is 0 Å². The van der Waals surface area contributed by atoms with E-state index in [9.17, 15) is 0 Å². The van der Waals surface area contributed by atoms with E-state index in [-0.39, 0.29) is 0 Å². The molecule has 0 saturated heterocycles. The van der Waals surface area contributed by atoms with Crippen molar-refractivity contribution in [2.24, 2.45) is 5.73 Å². The van der Waals surface area contributed by atoms with Crippen LogP contribution < -0.4 is 15.2 Å². The lowest BCUT2D eigenvalue weighted by atomic mass is 10.2. The number of hydrogen-bond acceptors (Lipinski definition) is 5. The van der Waals surface area contributed by atoms with E-state index in [1.807, 2.05) is 23.6 Å². The fraction of sp³-hybridized carbons (Fsp3) is 0.357. The van der Waals surface area contributed by atoms with Gasteiger partial charge in [0.15, 0.2) is 0 Å². The molecule has 0 radical (unpaired) electrons. The van der Waals surface area contributed by atoms with E-state index in [4.69, 9.17) is 15.2 Å². The number of ether oxygens (including phenoxy) is 2. The summed E-state index contributed by atoms with van der Waals surface area (Å²) >= 11 is 1.58. The third-order valence-corrected chi connectivity index (χ3v) is 3.32. The van der Waals surface area contributed by atoms with Crippen LogP contribution in [0, 0.1) is 0 Å². The first-order valence-corrected chi connectivity index (χ1v) is 7.18. The van der Waals surface area contributed by atoms with Crippen LogP contribution in [0.1, 0.15) is 23.9 Å². The Hall–Kier alpha value is -1.59. The molecule has 0 atom stereocenters. The Kier molecular flexibility index (Phi) is 5.18. The average molecular weight is 278 g/mol. The zero-order valence-electron chi connectivity index (χ0n) is 11.0. The molecule has 1 aromatic carbocycles. The highest BCUT2D eigenvalue weighted by molar-refractivity contribution is 7.09. The number of aromatic nitrogens is 1. The Morgan fingerprint density at radius 1 is 1.32 bits per heavy atom. The lowest BCUT2D eigenvalue weighted by Crippen LogP contribution is -2.04. The normalized spacial score (nSPS) is 10.4. The van der Waals surface area contributed by atoms with Gasteiger partial charge in [-0.15, -0.1) is 11.3 Å². The van der Waals surface area contributed by atoms with Gasteiger partial charge < -0.3 is 15.2 Å². The number of rotatable bonds is 7. The van der Waals surface area contributed by atoms with Crippen molar-refractivity contribution in [3.8, 4) is 11.5 Å². The molecule has 0 aliphatic heterocycles. The van der Waals surface area contributed by atoms with Crippen LogP contribution in [-0.4, -0.2) is 11.6 Å². The summed E-state index contributed by atoms with van der Waals surface area (Å²) in [6.07, 6.45) is 2.75. The smallest absolute Gasteiger partial charge is 0.140 e. The molecule has 2 N–H and O–H groups in total. The van der Waals surface area contributed by atoms with Crippen molar-refractivity contribution in [3.63, 3.8) is 0 Å². The van der Waals surface area contributed by atoms with Gasteiger partial charge in [-0.1, -0.05) is 13.0 Å². The molecule has 1 aromatic heterocycles. The Balaban J connectivity index is 2.07. The lowest BCUT2D eigenvalue weighted by molar-refractivity contribution is 0.292. The Labute approximate surface area is 117 Å². The molecule has 0 aliphatic rings. The molecule has 0 spiro atoms. The van der Waals surface area contributed by atoms with Gasteiger partial charge in [0.2, 0.25) is 0 Å². The maximum Gasteiger partial charge on any atom is 0.140 e. The largest absolute Gasteiger partial charge is 0.493 e. The molecule has 2 aromatic rings. The van der Waals surface area contributed by atoms with Crippen molar-refractivity contribution in [2.45, 2.75) is 26.5 Å². The minimum absolute atomic E-state index is 0.446. The van der Waals surface area contributed by atoms with Gasteiger partial charge in [-0.25, -0.2) is 4.98 Å². The van der Waals surface area contributed by atoms with Crippen molar-refractivity contribution in [3.05, 3.63) is 40.3 Å². The Morgan fingerprint density at radius 2 is 2.21 bits per heavy atom. The lowest BCUT2D eigenvalue weighted by Gasteiger charge is -2.12. The Morgan fingerprint density at radius 3 is 2.89 bits per heavy atom. The maximum absolute atomic E-state index is 5.78. The van der Waals surface area contributed by atoms with Crippen molar-refractivity contribution in [2.75, 3.05) is 6.61 Å². The van der Waals surface area contributed by atoms with Crippen LogP contribution >= 0.6 is 11.3 Å². The fourth-order valence-electron chi connectivity index (χ4n) is 1.61. The highest BCUT2D eigenvalue weighted by Crippen LogP contribution is 2.26. The summed E-state index contributed by atoms with van der Waals surface area (Å²) in [5, 5.41) is 2.88. The predicted octanol–water partition coefficient (Wildman–Crippen LogP) is 2.97. The second kappa shape index (κ2) is 7.11. The summed E-state index contributed by atoms with van der Waals surface area (Å²) in [6, 6.07) is 5.77. The van der Waals surface area contributed by atoms with Crippen LogP contribution in [-0.2, 0) is 13.2 Å². The number of benzene rings is 1. The van der Waals surface area contributed by atoms with Gasteiger partial charge in [-0.05, 0) is 12.5 Å². The predicted molar refractivity (Wildman–Crippen MR) is 76.6 cm³/mol. The highest BCUT2D eigenvalue weighted by atomic mass is 32.1. The van der Waals surface area contributed by atoms with E-state index in [1.54, 1.807) is 17.5 Å². The molecule has 0 amide bonds. The molecule has 2 rings (SSSR count). The summed E-state index contributed by atoms with van der Waals surface area (Å²) in [7, 11) is 0. The number of hydrogen-bond donors (Lipinski definition) is 1. The van der Waals surface area contributed by atoms with E-state index < -0.39 is 0 Å². The van der Waals surface area contributed by atoms with E-state index in [1.165, 1.54) is 0 Å². The second-order valence-corrected chi connectivity index (χ2v) is 5.02. The molecule has 102 valence electrons. The maximum atomic E-state index is 5.78. The molecule has 19 heavy (non-hydrogen) atoms. The van der Waals surface area contributed by atoms with Gasteiger partial charge in [0, 0.05) is 29.8 Å². The number of nitrogens with zero attached hydrogens (tertiary/aromatic N) is 1. The fourth-order valence-corrected chi connectivity index (χ4v) is 2.14.